The highest BCUT2D eigenvalue weighted by molar-refractivity contribution is 7.09. The molecule has 2 amide bonds. The number of hydrogen-bond acceptors (Lipinski definition) is 3. The van der Waals surface area contributed by atoms with Crippen LogP contribution in [0.25, 0.3) is 0 Å². The molecule has 0 unspecified atom stereocenters. The van der Waals surface area contributed by atoms with Crippen molar-refractivity contribution in [3.05, 3.63) is 52.2 Å². The van der Waals surface area contributed by atoms with Gasteiger partial charge >= 0.3 is 0 Å². The first kappa shape index (κ1) is 18.6. The van der Waals surface area contributed by atoms with Crippen molar-refractivity contribution in [2.75, 3.05) is 45.1 Å². The van der Waals surface area contributed by atoms with Gasteiger partial charge in [-0.15, -0.1) is 11.3 Å². The van der Waals surface area contributed by atoms with Gasteiger partial charge in [0.1, 0.15) is 32.7 Å². The molecule has 3 rings (SSSR count). The number of amides is 2. The van der Waals surface area contributed by atoms with E-state index < -0.39 is 0 Å². The second-order valence-electron chi connectivity index (χ2n) is 6.64. The van der Waals surface area contributed by atoms with Crippen LogP contribution in [0.15, 0.2) is 41.8 Å². The van der Waals surface area contributed by atoms with Gasteiger partial charge in [0, 0.05) is 18.3 Å². The van der Waals surface area contributed by atoms with Gasteiger partial charge in [-0.25, -0.2) is 0 Å². The van der Waals surface area contributed by atoms with Crippen molar-refractivity contribution in [3.8, 4) is 0 Å². The van der Waals surface area contributed by atoms with E-state index in [-0.39, 0.29) is 11.8 Å². The lowest BCUT2D eigenvalue weighted by Gasteiger charge is -2.29. The quantitative estimate of drug-likeness (QED) is 0.526. The van der Waals surface area contributed by atoms with Crippen LogP contribution in [0, 0.1) is 0 Å². The molecule has 1 aliphatic heterocycles. The number of benzene rings is 1. The highest BCUT2D eigenvalue weighted by atomic mass is 32.1. The third-order valence-corrected chi connectivity index (χ3v) is 5.61. The molecule has 26 heavy (non-hydrogen) atoms. The standard InChI is InChI=1S/C19H24N4O2S/c1-20-19(25)15-4-6-16(7-5-15)21-18(24)14-23-10-8-22(9-11-23)13-17-3-2-12-26-17/h2-7,12H,8-11,13-14H2,1H3,(H,20,25)(H,21,24)/p+2. The molecule has 0 bridgehead atoms. The highest BCUT2D eigenvalue weighted by Gasteiger charge is 2.25. The van der Waals surface area contributed by atoms with Crippen molar-refractivity contribution in [3.63, 3.8) is 0 Å². The number of anilines is 1. The van der Waals surface area contributed by atoms with E-state index in [9.17, 15) is 9.59 Å². The average molecular weight is 375 g/mol. The van der Waals surface area contributed by atoms with Crippen LogP contribution in [-0.2, 0) is 11.3 Å². The second kappa shape index (κ2) is 8.93. The minimum Gasteiger partial charge on any atom is -0.355 e. The Balaban J connectivity index is 1.42. The van der Waals surface area contributed by atoms with Crippen molar-refractivity contribution in [1.29, 1.82) is 0 Å². The molecule has 138 valence electrons. The third-order valence-electron chi connectivity index (χ3n) is 4.74. The number of nitrogens with one attached hydrogen (secondary N) is 4. The molecule has 1 fully saturated rings. The summed E-state index contributed by atoms with van der Waals surface area (Å²) in [6, 6.07) is 11.3. The Morgan fingerprint density at radius 1 is 1.04 bits per heavy atom. The summed E-state index contributed by atoms with van der Waals surface area (Å²) < 4.78 is 0. The van der Waals surface area contributed by atoms with E-state index >= 15 is 0 Å². The van der Waals surface area contributed by atoms with Gasteiger partial charge in [-0.1, -0.05) is 6.07 Å². The normalized spacial score (nSPS) is 19.7. The molecule has 0 atom stereocenters. The van der Waals surface area contributed by atoms with Gasteiger partial charge in [0.25, 0.3) is 11.8 Å². The molecule has 1 aromatic carbocycles. The van der Waals surface area contributed by atoms with Crippen LogP contribution in [0.4, 0.5) is 5.69 Å². The molecule has 4 N–H and O–H groups in total. The summed E-state index contributed by atoms with van der Waals surface area (Å²) in [6.45, 7) is 5.81. The summed E-state index contributed by atoms with van der Waals surface area (Å²) in [5, 5.41) is 7.63. The van der Waals surface area contributed by atoms with Gasteiger partial charge in [-0.3, -0.25) is 9.59 Å². The zero-order chi connectivity index (χ0) is 18.4. The summed E-state index contributed by atoms with van der Waals surface area (Å²) in [5.41, 5.74) is 1.31. The van der Waals surface area contributed by atoms with Crippen molar-refractivity contribution in [2.45, 2.75) is 6.54 Å². The van der Waals surface area contributed by atoms with Gasteiger partial charge in [0.05, 0.1) is 4.88 Å². The number of carbonyl (C=O) groups excluding carboxylic acids is 2. The molecule has 1 saturated heterocycles. The Bertz CT molecular complexity index is 723. The molecule has 2 aromatic rings. The minimum atomic E-state index is -0.129. The van der Waals surface area contributed by atoms with Crippen LogP contribution in [0.3, 0.4) is 0 Å². The maximum absolute atomic E-state index is 12.3. The molecule has 0 saturated carbocycles. The third kappa shape index (κ3) is 5.14. The molecule has 6 nitrogen and oxygen atoms in total. The van der Waals surface area contributed by atoms with Crippen molar-refractivity contribution < 1.29 is 19.4 Å². The average Bonchev–Trinajstić information content (AvgIpc) is 3.16. The molecule has 2 heterocycles. The molecule has 0 aliphatic carbocycles. The first-order chi connectivity index (χ1) is 12.6. The number of piperazine rings is 1. The largest absolute Gasteiger partial charge is 0.355 e. The Morgan fingerprint density at radius 2 is 1.73 bits per heavy atom. The number of quaternary nitrogens is 2. The fraction of sp³-hybridized carbons (Fsp3) is 0.368. The maximum atomic E-state index is 12.3. The molecule has 1 aromatic heterocycles. The van der Waals surface area contributed by atoms with Crippen LogP contribution >= 0.6 is 11.3 Å². The van der Waals surface area contributed by atoms with E-state index in [4.69, 9.17) is 0 Å². The summed E-state index contributed by atoms with van der Waals surface area (Å²) >= 11 is 1.82. The smallest absolute Gasteiger partial charge is 0.279 e. The van der Waals surface area contributed by atoms with Gasteiger partial charge in [0.2, 0.25) is 0 Å². The second-order valence-corrected chi connectivity index (χ2v) is 7.67. The van der Waals surface area contributed by atoms with Crippen LogP contribution in [0.1, 0.15) is 15.2 Å². The van der Waals surface area contributed by atoms with Gasteiger partial charge < -0.3 is 20.4 Å². The molecular weight excluding hydrogens is 348 g/mol. The van der Waals surface area contributed by atoms with E-state index in [2.05, 4.69) is 28.1 Å². The molecular formula is C19H26N4O2S+2. The number of thiophene rings is 1. The van der Waals surface area contributed by atoms with Gasteiger partial charge in [-0.05, 0) is 35.7 Å². The Morgan fingerprint density at radius 3 is 2.35 bits per heavy atom. The molecule has 0 spiro atoms. The van der Waals surface area contributed by atoms with Crippen LogP contribution in [0.2, 0.25) is 0 Å². The SMILES string of the molecule is CNC(=O)c1ccc(NC(=O)C[NH+]2CC[NH+](Cc3cccs3)CC2)cc1. The van der Waals surface area contributed by atoms with Gasteiger partial charge in [0.15, 0.2) is 6.54 Å². The minimum absolute atomic E-state index is 0.0226. The zero-order valence-electron chi connectivity index (χ0n) is 15.0. The van der Waals surface area contributed by atoms with Crippen LogP contribution < -0.4 is 20.4 Å². The Kier molecular flexibility index (Phi) is 6.38. The van der Waals surface area contributed by atoms with Crippen molar-refractivity contribution in [2.24, 2.45) is 0 Å². The first-order valence-corrected chi connectivity index (χ1v) is 9.83. The van der Waals surface area contributed by atoms with Gasteiger partial charge in [-0.2, -0.15) is 0 Å². The topological polar surface area (TPSA) is 67.1 Å². The first-order valence-electron chi connectivity index (χ1n) is 8.95. The predicted octanol–water partition coefficient (Wildman–Crippen LogP) is -0.970. The van der Waals surface area contributed by atoms with E-state index in [0.29, 0.717) is 12.1 Å². The lowest BCUT2D eigenvalue weighted by atomic mass is 10.2. The number of hydrogen-bond donors (Lipinski definition) is 4. The van der Waals surface area contributed by atoms with Crippen molar-refractivity contribution >= 4 is 28.8 Å². The zero-order valence-corrected chi connectivity index (χ0v) is 15.8. The van der Waals surface area contributed by atoms with Crippen molar-refractivity contribution in [1.82, 2.24) is 5.32 Å². The maximum Gasteiger partial charge on any atom is 0.279 e. The molecule has 7 heteroatoms. The highest BCUT2D eigenvalue weighted by Crippen LogP contribution is 2.09. The monoisotopic (exact) mass is 374 g/mol. The fourth-order valence-corrected chi connectivity index (χ4v) is 4.03. The van der Waals surface area contributed by atoms with E-state index in [0.717, 1.165) is 38.4 Å². The number of rotatable bonds is 6. The summed E-state index contributed by atoms with van der Waals surface area (Å²) in [7, 11) is 1.60. The summed E-state index contributed by atoms with van der Waals surface area (Å²) in [4.78, 5) is 28.2. The van der Waals surface area contributed by atoms with E-state index in [1.165, 1.54) is 9.78 Å². The fourth-order valence-electron chi connectivity index (χ4n) is 3.25. The van der Waals surface area contributed by atoms with E-state index in [1.807, 2.05) is 11.3 Å². The van der Waals surface area contributed by atoms with E-state index in [1.54, 1.807) is 36.2 Å². The summed E-state index contributed by atoms with van der Waals surface area (Å²) in [5.74, 6) is -0.107. The van der Waals surface area contributed by atoms with Crippen LogP contribution in [0.5, 0.6) is 0 Å². The molecule has 1 aliphatic rings. The number of carbonyl (C=O) groups is 2. The lowest BCUT2D eigenvalue weighted by Crippen LogP contribution is -3.28. The summed E-state index contributed by atoms with van der Waals surface area (Å²) in [6.07, 6.45) is 0. The Labute approximate surface area is 157 Å². The van der Waals surface area contributed by atoms with Crippen LogP contribution in [-0.4, -0.2) is 51.6 Å². The molecule has 0 radical (unpaired) electrons. The lowest BCUT2D eigenvalue weighted by molar-refractivity contribution is -1.01. The predicted molar refractivity (Wildman–Crippen MR) is 103 cm³/mol. The Hall–Kier alpha value is -2.22.